The minimum atomic E-state index is -0.226. The Kier molecular flexibility index (Phi) is 6.95. The number of benzene rings is 7. The van der Waals surface area contributed by atoms with Crippen LogP contribution in [0.2, 0.25) is 0 Å². The quantitative estimate of drug-likeness (QED) is 0.185. The van der Waals surface area contributed by atoms with Gasteiger partial charge in [0.1, 0.15) is 12.0 Å². The molecule has 48 heavy (non-hydrogen) atoms. The number of thiophene rings is 1. The van der Waals surface area contributed by atoms with Crippen molar-refractivity contribution in [1.29, 1.82) is 0 Å². The first-order valence-electron chi connectivity index (χ1n) is 16.2. The molecule has 0 N–H and O–H groups in total. The summed E-state index contributed by atoms with van der Waals surface area (Å²) in [5.41, 5.74) is 7.86. The Morgan fingerprint density at radius 2 is 1.12 bits per heavy atom. The van der Waals surface area contributed by atoms with Gasteiger partial charge in [0.15, 0.2) is 5.84 Å². The van der Waals surface area contributed by atoms with Gasteiger partial charge in [-0.1, -0.05) is 127 Å². The van der Waals surface area contributed by atoms with E-state index >= 15 is 0 Å². The second-order valence-electron chi connectivity index (χ2n) is 12.3. The Bertz CT molecular complexity index is 2530. The smallest absolute Gasteiger partial charge is 0.159 e. The molecular weight excluding hydrogens is 603 g/mol. The van der Waals surface area contributed by atoms with Crippen molar-refractivity contribution in [3.05, 3.63) is 180 Å². The summed E-state index contributed by atoms with van der Waals surface area (Å²) < 4.78 is 2.54. The summed E-state index contributed by atoms with van der Waals surface area (Å²) in [6.07, 6.45) is -0.226. The van der Waals surface area contributed by atoms with Crippen molar-refractivity contribution in [3.63, 3.8) is 0 Å². The van der Waals surface area contributed by atoms with Crippen LogP contribution in [0.25, 0.3) is 53.2 Å². The fraction of sp³-hybridized carbons (Fsp3) is 0.0455. The lowest BCUT2D eigenvalue weighted by Gasteiger charge is -2.33. The number of amidine groups is 2. The molecule has 0 aliphatic carbocycles. The topological polar surface area (TPSA) is 28.0 Å². The molecule has 3 nitrogen and oxygen atoms in total. The van der Waals surface area contributed by atoms with Gasteiger partial charge in [0.05, 0.1) is 0 Å². The Labute approximate surface area is 283 Å². The lowest BCUT2D eigenvalue weighted by molar-refractivity contribution is 0.383. The minimum absolute atomic E-state index is 0.226. The third-order valence-electron chi connectivity index (χ3n) is 9.27. The molecule has 1 aromatic heterocycles. The molecule has 4 heteroatoms. The van der Waals surface area contributed by atoms with Crippen LogP contribution in [-0.4, -0.2) is 23.6 Å². The maximum Gasteiger partial charge on any atom is 0.159 e. The van der Waals surface area contributed by atoms with Crippen LogP contribution in [-0.2, 0) is 0 Å². The van der Waals surface area contributed by atoms with Gasteiger partial charge in [0, 0.05) is 38.3 Å². The van der Waals surface area contributed by atoms with Crippen LogP contribution >= 0.6 is 11.3 Å². The number of hydrogen-bond acceptors (Lipinski definition) is 4. The zero-order valence-electron chi connectivity index (χ0n) is 26.4. The molecule has 228 valence electrons. The van der Waals surface area contributed by atoms with Crippen molar-refractivity contribution in [3.8, 4) is 22.3 Å². The van der Waals surface area contributed by atoms with E-state index in [9.17, 15) is 0 Å². The molecule has 0 fully saturated rings. The van der Waals surface area contributed by atoms with Crippen molar-refractivity contribution in [2.45, 2.75) is 6.17 Å². The number of rotatable bonds is 5. The van der Waals surface area contributed by atoms with Gasteiger partial charge >= 0.3 is 0 Å². The highest BCUT2D eigenvalue weighted by molar-refractivity contribution is 7.25. The molecule has 1 aliphatic rings. The zero-order chi connectivity index (χ0) is 32.0. The van der Waals surface area contributed by atoms with Crippen LogP contribution in [0.3, 0.4) is 0 Å². The summed E-state index contributed by atoms with van der Waals surface area (Å²) in [7, 11) is 2.11. The monoisotopic (exact) mass is 633 g/mol. The van der Waals surface area contributed by atoms with Crippen LogP contribution in [0, 0.1) is 0 Å². The van der Waals surface area contributed by atoms with E-state index in [1.807, 2.05) is 11.3 Å². The fourth-order valence-corrected chi connectivity index (χ4v) is 7.96. The third kappa shape index (κ3) is 5.07. The molecule has 8 aromatic rings. The maximum absolute atomic E-state index is 5.36. The fourth-order valence-electron chi connectivity index (χ4n) is 6.81. The highest BCUT2D eigenvalue weighted by Crippen LogP contribution is 2.37. The third-order valence-corrected chi connectivity index (χ3v) is 10.4. The molecule has 1 aliphatic heterocycles. The molecule has 2 heterocycles. The summed E-state index contributed by atoms with van der Waals surface area (Å²) in [5, 5.41) is 5.02. The number of nitrogens with zero attached hydrogens (tertiary/aromatic N) is 3. The average molecular weight is 634 g/mol. The Balaban J connectivity index is 1.23. The Morgan fingerprint density at radius 3 is 1.96 bits per heavy atom. The summed E-state index contributed by atoms with van der Waals surface area (Å²) in [6.45, 7) is 0. The molecule has 0 saturated carbocycles. The predicted octanol–water partition coefficient (Wildman–Crippen LogP) is 11.4. The van der Waals surface area contributed by atoms with E-state index in [0.717, 1.165) is 39.5 Å². The molecule has 1 unspecified atom stereocenters. The van der Waals surface area contributed by atoms with Crippen LogP contribution < -0.4 is 0 Å². The molecule has 9 rings (SSSR count). The van der Waals surface area contributed by atoms with E-state index in [0.29, 0.717) is 0 Å². The molecule has 0 radical (unpaired) electrons. The Hall–Kier alpha value is -5.84. The molecular formula is C44H31N3S. The van der Waals surface area contributed by atoms with E-state index in [1.165, 1.54) is 42.1 Å². The first-order chi connectivity index (χ1) is 23.7. The normalized spacial score (nSPS) is 14.8. The Morgan fingerprint density at radius 1 is 0.479 bits per heavy atom. The second-order valence-corrected chi connectivity index (χ2v) is 13.4. The SMILES string of the molecule is CN1C(c2cc(-c3ccccc3)cc(-c3ccc4ccccc4c3)c2)=NC(c2ccc3c(c2)sc2ccccc23)=NC1c1ccccc1. The molecule has 0 amide bonds. The first kappa shape index (κ1) is 28.4. The molecule has 1 atom stereocenters. The van der Waals surface area contributed by atoms with Crippen LogP contribution in [0.15, 0.2) is 174 Å². The van der Waals surface area contributed by atoms with Gasteiger partial charge in [-0.3, -0.25) is 0 Å². The minimum Gasteiger partial charge on any atom is -0.333 e. The number of fused-ring (bicyclic) bond motifs is 4. The molecule has 0 bridgehead atoms. The molecule has 0 spiro atoms. The van der Waals surface area contributed by atoms with E-state index < -0.39 is 0 Å². The second kappa shape index (κ2) is 11.8. The van der Waals surface area contributed by atoms with Gasteiger partial charge in [-0.25, -0.2) is 9.98 Å². The van der Waals surface area contributed by atoms with Crippen molar-refractivity contribution in [2.24, 2.45) is 9.98 Å². The van der Waals surface area contributed by atoms with Gasteiger partial charge in [-0.05, 0) is 75.0 Å². The zero-order valence-corrected chi connectivity index (χ0v) is 27.2. The van der Waals surface area contributed by atoms with Gasteiger partial charge in [-0.2, -0.15) is 0 Å². The summed E-state index contributed by atoms with van der Waals surface area (Å²) in [5.74, 6) is 1.64. The van der Waals surface area contributed by atoms with Gasteiger partial charge in [-0.15, -0.1) is 11.3 Å². The summed E-state index contributed by atoms with van der Waals surface area (Å²) in [6, 6.07) is 58.5. The number of aliphatic imine (C=N–C) groups is 2. The average Bonchev–Trinajstić information content (AvgIpc) is 3.53. The van der Waals surface area contributed by atoms with Gasteiger partial charge in [0.2, 0.25) is 0 Å². The van der Waals surface area contributed by atoms with Crippen LogP contribution in [0.1, 0.15) is 22.9 Å². The van der Waals surface area contributed by atoms with Crippen molar-refractivity contribution < 1.29 is 0 Å². The maximum atomic E-state index is 5.36. The standard InChI is InChI=1S/C44H31N3S/c1-47-43(31-15-6-3-7-16-31)45-42(34-22-23-39-38-18-10-11-19-40(38)48-41(39)28-34)46-44(47)37-26-35(29-12-4-2-5-13-29)25-36(27-37)33-21-20-30-14-8-9-17-32(30)24-33/h2-28,43H,1H3. The molecule has 0 saturated heterocycles. The van der Waals surface area contributed by atoms with E-state index in [4.69, 9.17) is 9.98 Å². The molecule has 7 aromatic carbocycles. The van der Waals surface area contributed by atoms with E-state index in [-0.39, 0.29) is 6.17 Å². The van der Waals surface area contributed by atoms with E-state index in [2.05, 4.69) is 176 Å². The summed E-state index contributed by atoms with van der Waals surface area (Å²) >= 11 is 1.82. The largest absolute Gasteiger partial charge is 0.333 e. The predicted molar refractivity (Wildman–Crippen MR) is 204 cm³/mol. The summed E-state index contributed by atoms with van der Waals surface area (Å²) in [4.78, 5) is 12.9. The van der Waals surface area contributed by atoms with Gasteiger partial charge in [0.25, 0.3) is 0 Å². The van der Waals surface area contributed by atoms with Crippen molar-refractivity contribution >= 4 is 54.0 Å². The van der Waals surface area contributed by atoms with Crippen LogP contribution in [0.5, 0.6) is 0 Å². The highest BCUT2D eigenvalue weighted by atomic mass is 32.1. The highest BCUT2D eigenvalue weighted by Gasteiger charge is 2.27. The van der Waals surface area contributed by atoms with Crippen molar-refractivity contribution in [2.75, 3.05) is 7.05 Å². The van der Waals surface area contributed by atoms with Crippen molar-refractivity contribution in [1.82, 2.24) is 4.90 Å². The van der Waals surface area contributed by atoms with E-state index in [1.54, 1.807) is 0 Å². The van der Waals surface area contributed by atoms with Crippen LogP contribution in [0.4, 0.5) is 0 Å². The first-order valence-corrected chi connectivity index (χ1v) is 17.1. The lowest BCUT2D eigenvalue weighted by atomic mass is 9.94. The number of hydrogen-bond donors (Lipinski definition) is 0. The lowest BCUT2D eigenvalue weighted by Crippen LogP contribution is -2.35. The van der Waals surface area contributed by atoms with Gasteiger partial charge < -0.3 is 4.90 Å².